The molecule has 1 spiro atoms. The lowest BCUT2D eigenvalue weighted by atomic mass is 9.85. The topological polar surface area (TPSA) is 65.5 Å². The molecule has 1 aromatic carbocycles. The molecule has 3 fully saturated rings. The molecule has 1 saturated heterocycles. The number of fused-ring (bicyclic) bond motifs is 4. The Balaban J connectivity index is 1.34. The summed E-state index contributed by atoms with van der Waals surface area (Å²) in [4.78, 5) is 28.9. The maximum atomic E-state index is 12.9. The van der Waals surface area contributed by atoms with Crippen molar-refractivity contribution in [2.75, 3.05) is 0 Å². The van der Waals surface area contributed by atoms with E-state index >= 15 is 0 Å². The number of hydrogen-bond donors (Lipinski definition) is 1. The van der Waals surface area contributed by atoms with Crippen LogP contribution in [0.15, 0.2) is 47.7 Å². The molecule has 5 heteroatoms. The summed E-state index contributed by atoms with van der Waals surface area (Å²) in [6.45, 7) is 0. The van der Waals surface area contributed by atoms with Crippen molar-refractivity contribution in [1.82, 2.24) is 9.99 Å². The first-order valence-electron chi connectivity index (χ1n) is 8.87. The molecule has 5 nitrogen and oxygen atoms in total. The summed E-state index contributed by atoms with van der Waals surface area (Å²) >= 11 is 0. The molecule has 2 bridgehead atoms. The summed E-state index contributed by atoms with van der Waals surface area (Å²) in [5.74, 6) is -0.127. The van der Waals surface area contributed by atoms with Gasteiger partial charge in [0.2, 0.25) is 0 Å². The summed E-state index contributed by atoms with van der Waals surface area (Å²) in [7, 11) is 0. The van der Waals surface area contributed by atoms with Crippen LogP contribution in [0.4, 0.5) is 0 Å². The van der Waals surface area contributed by atoms with Gasteiger partial charge in [0.25, 0.3) is 11.8 Å². The number of para-hydroxylation sites is 1. The number of aromatic amines is 1. The molecule has 3 aliphatic carbocycles. The van der Waals surface area contributed by atoms with Gasteiger partial charge in [-0.1, -0.05) is 30.4 Å². The average molecular weight is 331 g/mol. The Morgan fingerprint density at radius 2 is 1.76 bits per heavy atom. The first-order chi connectivity index (χ1) is 12.2. The molecule has 2 heterocycles. The normalized spacial score (nSPS) is 34.2. The number of nitrogens with one attached hydrogen (secondary N) is 1. The standard InChI is InChI=1S/C20H17N3O2/c24-18-16-13-5-6-14(20(13)7-8-20)17(16)19(25)23(18)22-10-11-9-21-15-4-2-1-3-12(11)15/h1-6,9-10,13-14,16-17,21H,7-8H2/b22-10-/t13-,14+,16-,17+. The molecule has 2 amide bonds. The zero-order valence-electron chi connectivity index (χ0n) is 13.6. The number of hydrogen-bond acceptors (Lipinski definition) is 3. The third kappa shape index (κ3) is 1.52. The zero-order chi connectivity index (χ0) is 16.8. The quantitative estimate of drug-likeness (QED) is 0.522. The third-order valence-corrected chi connectivity index (χ3v) is 6.76. The SMILES string of the molecule is O=C1[C@@H]2[C@H](C(=O)N1/N=C\c1c[nH]c3ccccc13)[C@H]1C=C[C@@H]2C12CC2. The first-order valence-corrected chi connectivity index (χ1v) is 8.87. The highest BCUT2D eigenvalue weighted by molar-refractivity contribution is 6.08. The lowest BCUT2D eigenvalue weighted by Crippen LogP contribution is -2.30. The predicted octanol–water partition coefficient (Wildman–Crippen LogP) is 2.70. The maximum Gasteiger partial charge on any atom is 0.254 e. The Morgan fingerprint density at radius 1 is 1.08 bits per heavy atom. The minimum absolute atomic E-state index is 0.116. The fourth-order valence-electron chi connectivity index (χ4n) is 5.50. The number of H-pyrrole nitrogens is 1. The predicted molar refractivity (Wildman–Crippen MR) is 92.5 cm³/mol. The minimum atomic E-state index is -0.190. The van der Waals surface area contributed by atoms with Crippen LogP contribution in [0.2, 0.25) is 0 Å². The molecular weight excluding hydrogens is 314 g/mol. The number of nitrogens with zero attached hydrogens (tertiary/aromatic N) is 2. The van der Waals surface area contributed by atoms with Crippen LogP contribution >= 0.6 is 0 Å². The van der Waals surface area contributed by atoms with Gasteiger partial charge in [-0.05, 0) is 36.2 Å². The fourth-order valence-corrected chi connectivity index (χ4v) is 5.50. The summed E-state index contributed by atoms with van der Waals surface area (Å²) in [6, 6.07) is 7.91. The molecule has 1 aromatic heterocycles. The Hall–Kier alpha value is -2.69. The molecule has 6 rings (SSSR count). The zero-order valence-corrected chi connectivity index (χ0v) is 13.6. The highest BCUT2D eigenvalue weighted by atomic mass is 16.2. The van der Waals surface area contributed by atoms with Gasteiger partial charge in [0.05, 0.1) is 18.1 Å². The van der Waals surface area contributed by atoms with E-state index in [1.165, 1.54) is 0 Å². The monoisotopic (exact) mass is 331 g/mol. The third-order valence-electron chi connectivity index (χ3n) is 6.76. The van der Waals surface area contributed by atoms with Crippen molar-refractivity contribution in [3.8, 4) is 0 Å². The van der Waals surface area contributed by atoms with Gasteiger partial charge in [-0.3, -0.25) is 9.59 Å². The van der Waals surface area contributed by atoms with Crippen molar-refractivity contribution >= 4 is 28.9 Å². The minimum Gasteiger partial charge on any atom is -0.361 e. The van der Waals surface area contributed by atoms with Gasteiger partial charge in [-0.2, -0.15) is 10.1 Å². The largest absolute Gasteiger partial charge is 0.361 e. The van der Waals surface area contributed by atoms with Gasteiger partial charge in [-0.15, -0.1) is 0 Å². The number of hydrazone groups is 1. The van der Waals surface area contributed by atoms with Crippen LogP contribution in [0.5, 0.6) is 0 Å². The van der Waals surface area contributed by atoms with Gasteiger partial charge < -0.3 is 4.98 Å². The Bertz CT molecular complexity index is 963. The lowest BCUT2D eigenvalue weighted by molar-refractivity contribution is -0.141. The second-order valence-electron chi connectivity index (χ2n) is 7.74. The molecule has 25 heavy (non-hydrogen) atoms. The second kappa shape index (κ2) is 4.28. The first kappa shape index (κ1) is 13.6. The van der Waals surface area contributed by atoms with E-state index < -0.39 is 0 Å². The van der Waals surface area contributed by atoms with Gasteiger partial charge >= 0.3 is 0 Å². The number of carbonyl (C=O) groups excluding carboxylic acids is 2. The molecule has 124 valence electrons. The van der Waals surface area contributed by atoms with E-state index in [-0.39, 0.29) is 40.9 Å². The van der Waals surface area contributed by atoms with E-state index in [4.69, 9.17) is 0 Å². The molecule has 1 aliphatic heterocycles. The van der Waals surface area contributed by atoms with Crippen LogP contribution in [0, 0.1) is 29.1 Å². The molecule has 4 atom stereocenters. The second-order valence-corrected chi connectivity index (χ2v) is 7.74. The number of aromatic nitrogens is 1. The van der Waals surface area contributed by atoms with Crippen molar-refractivity contribution < 1.29 is 9.59 Å². The van der Waals surface area contributed by atoms with Crippen LogP contribution in [0.3, 0.4) is 0 Å². The molecule has 2 saturated carbocycles. The molecular formula is C20H17N3O2. The van der Waals surface area contributed by atoms with E-state index in [0.717, 1.165) is 34.3 Å². The van der Waals surface area contributed by atoms with Crippen LogP contribution < -0.4 is 0 Å². The number of rotatable bonds is 2. The van der Waals surface area contributed by atoms with Gasteiger partial charge in [-0.25, -0.2) is 0 Å². The summed E-state index contributed by atoms with van der Waals surface area (Å²) in [5.41, 5.74) is 2.12. The number of imide groups is 1. The smallest absolute Gasteiger partial charge is 0.254 e. The van der Waals surface area contributed by atoms with E-state index in [2.05, 4.69) is 22.2 Å². The Morgan fingerprint density at radius 3 is 2.44 bits per heavy atom. The van der Waals surface area contributed by atoms with Crippen molar-refractivity contribution in [3.05, 3.63) is 48.2 Å². The van der Waals surface area contributed by atoms with Crippen LogP contribution in [0.25, 0.3) is 10.9 Å². The van der Waals surface area contributed by atoms with Crippen molar-refractivity contribution in [2.45, 2.75) is 12.8 Å². The van der Waals surface area contributed by atoms with E-state index in [9.17, 15) is 9.59 Å². The number of amides is 2. The summed E-state index contributed by atoms with van der Waals surface area (Å²) < 4.78 is 0. The van der Waals surface area contributed by atoms with Gasteiger partial charge in [0.1, 0.15) is 0 Å². The number of allylic oxidation sites excluding steroid dienone is 2. The van der Waals surface area contributed by atoms with Crippen LogP contribution in [0.1, 0.15) is 18.4 Å². The molecule has 4 aliphatic rings. The number of carbonyl (C=O) groups is 2. The van der Waals surface area contributed by atoms with Crippen molar-refractivity contribution in [1.29, 1.82) is 0 Å². The maximum absolute atomic E-state index is 12.9. The van der Waals surface area contributed by atoms with Gasteiger partial charge in [0.15, 0.2) is 0 Å². The van der Waals surface area contributed by atoms with Crippen LogP contribution in [-0.4, -0.2) is 28.0 Å². The molecule has 2 aromatic rings. The average Bonchev–Trinajstić information content (AvgIpc) is 3.00. The van der Waals surface area contributed by atoms with Crippen molar-refractivity contribution in [2.24, 2.45) is 34.2 Å². The summed E-state index contributed by atoms with van der Waals surface area (Å²) in [6.07, 6.45) is 10.1. The Labute approximate surface area is 144 Å². The molecule has 1 N–H and O–H groups in total. The Kier molecular flexibility index (Phi) is 2.33. The van der Waals surface area contributed by atoms with E-state index in [1.807, 2.05) is 30.5 Å². The fraction of sp³-hybridized carbons (Fsp3) is 0.350. The highest BCUT2D eigenvalue weighted by Gasteiger charge is 2.73. The van der Waals surface area contributed by atoms with Crippen LogP contribution in [-0.2, 0) is 9.59 Å². The molecule has 0 unspecified atom stereocenters. The van der Waals surface area contributed by atoms with Gasteiger partial charge in [0, 0.05) is 22.7 Å². The number of benzene rings is 1. The summed E-state index contributed by atoms with van der Waals surface area (Å²) in [5, 5.41) is 6.44. The highest BCUT2D eigenvalue weighted by Crippen LogP contribution is 2.73. The van der Waals surface area contributed by atoms with E-state index in [1.54, 1.807) is 6.21 Å². The molecule has 0 radical (unpaired) electrons. The lowest BCUT2D eigenvalue weighted by Gasteiger charge is -2.18. The van der Waals surface area contributed by atoms with E-state index in [0.29, 0.717) is 0 Å². The van der Waals surface area contributed by atoms with Crippen molar-refractivity contribution in [3.63, 3.8) is 0 Å².